The molecule has 0 bridgehead atoms. The van der Waals surface area contributed by atoms with Crippen LogP contribution in [0.5, 0.6) is 0 Å². The van der Waals surface area contributed by atoms with Gasteiger partial charge in [0.15, 0.2) is 0 Å². The van der Waals surface area contributed by atoms with E-state index in [1.54, 1.807) is 30.3 Å². The summed E-state index contributed by atoms with van der Waals surface area (Å²) < 4.78 is 62.3. The van der Waals surface area contributed by atoms with E-state index in [9.17, 15) is 16.8 Å². The molecular weight excluding hydrogens is 424 g/mol. The molecule has 3 aromatic rings. The van der Waals surface area contributed by atoms with Crippen LogP contribution in [-0.4, -0.2) is 40.1 Å². The number of hydrogen-bond acceptors (Lipinski definition) is 5. The maximum absolute atomic E-state index is 13.3. The summed E-state index contributed by atoms with van der Waals surface area (Å²) in [7, 11) is -7.89. The van der Waals surface area contributed by atoms with Gasteiger partial charge in [0.25, 0.3) is 10.0 Å². The highest BCUT2D eigenvalue weighted by atomic mass is 32.2. The van der Waals surface area contributed by atoms with Crippen molar-refractivity contribution in [3.8, 4) is 0 Å². The van der Waals surface area contributed by atoms with Gasteiger partial charge in [-0.15, -0.1) is 0 Å². The van der Waals surface area contributed by atoms with Crippen molar-refractivity contribution < 1.29 is 21.6 Å². The lowest BCUT2D eigenvalue weighted by Crippen LogP contribution is -2.38. The zero-order valence-corrected chi connectivity index (χ0v) is 18.2. The fourth-order valence-electron chi connectivity index (χ4n) is 3.80. The molecule has 4 rings (SSSR count). The van der Waals surface area contributed by atoms with Crippen molar-refractivity contribution in [2.75, 3.05) is 13.2 Å². The number of fused-ring (bicyclic) bond motifs is 1. The second kappa shape index (κ2) is 8.14. The van der Waals surface area contributed by atoms with Gasteiger partial charge >= 0.3 is 0 Å². The van der Waals surface area contributed by atoms with E-state index in [-0.39, 0.29) is 15.8 Å². The van der Waals surface area contributed by atoms with Crippen molar-refractivity contribution >= 4 is 30.9 Å². The topological polar surface area (TPSA) is 94.5 Å². The fraction of sp³-hybridized carbons (Fsp3) is 0.333. The molecule has 1 aliphatic rings. The number of aryl methyl sites for hydroxylation is 1. The van der Waals surface area contributed by atoms with E-state index < -0.39 is 20.0 Å². The van der Waals surface area contributed by atoms with Gasteiger partial charge in [0, 0.05) is 30.8 Å². The van der Waals surface area contributed by atoms with Crippen LogP contribution in [-0.2, 0) is 31.2 Å². The van der Waals surface area contributed by atoms with Crippen LogP contribution >= 0.6 is 0 Å². The number of ether oxygens (including phenoxy) is 1. The quantitative estimate of drug-likeness (QED) is 0.626. The molecule has 1 saturated heterocycles. The second-order valence-electron chi connectivity index (χ2n) is 7.28. The first-order chi connectivity index (χ1) is 14.3. The molecule has 7 nitrogen and oxygen atoms in total. The Balaban J connectivity index is 1.91. The fourth-order valence-corrected chi connectivity index (χ4v) is 6.80. The normalized spacial score (nSPS) is 16.2. The van der Waals surface area contributed by atoms with Crippen LogP contribution < -0.4 is 4.72 Å². The van der Waals surface area contributed by atoms with Crippen molar-refractivity contribution in [1.29, 1.82) is 0 Å². The van der Waals surface area contributed by atoms with Gasteiger partial charge in [0.05, 0.1) is 10.4 Å². The van der Waals surface area contributed by atoms with Gasteiger partial charge in [-0.25, -0.2) is 25.5 Å². The average molecular weight is 449 g/mol. The minimum atomic E-state index is -3.96. The lowest BCUT2D eigenvalue weighted by atomic mass is 10.1. The molecule has 9 heteroatoms. The molecule has 2 heterocycles. The summed E-state index contributed by atoms with van der Waals surface area (Å²) >= 11 is 0. The van der Waals surface area contributed by atoms with Gasteiger partial charge in [0.2, 0.25) is 10.0 Å². The van der Waals surface area contributed by atoms with Gasteiger partial charge in [0.1, 0.15) is 4.90 Å². The number of nitrogens with one attached hydrogen (secondary N) is 1. The number of aromatic nitrogens is 1. The van der Waals surface area contributed by atoms with E-state index in [1.807, 2.05) is 13.0 Å². The standard InChI is InChI=1S/C21H24N2O5S2/c1-2-16-7-6-10-19-21(16)20(29(24,25)22-17-11-13-28-14-12-17)15-23(19)30(26,27)18-8-4-3-5-9-18/h3-10,15,17,22H,2,11-14H2,1H3. The smallest absolute Gasteiger partial charge is 0.268 e. The Morgan fingerprint density at radius 3 is 2.37 bits per heavy atom. The molecule has 1 N–H and O–H groups in total. The van der Waals surface area contributed by atoms with Crippen LogP contribution in [0.3, 0.4) is 0 Å². The highest BCUT2D eigenvalue weighted by molar-refractivity contribution is 7.91. The Hall–Kier alpha value is -2.20. The average Bonchev–Trinajstić information content (AvgIpc) is 3.16. The lowest BCUT2D eigenvalue weighted by Gasteiger charge is -2.22. The third kappa shape index (κ3) is 3.78. The summed E-state index contributed by atoms with van der Waals surface area (Å²) in [6.07, 6.45) is 2.97. The second-order valence-corrected chi connectivity index (χ2v) is 10.8. The zero-order chi connectivity index (χ0) is 21.4. The molecule has 0 spiro atoms. The first kappa shape index (κ1) is 21.0. The van der Waals surface area contributed by atoms with Crippen LogP contribution in [0.15, 0.2) is 64.5 Å². The predicted octanol–water partition coefficient (Wildman–Crippen LogP) is 2.90. The Bertz CT molecular complexity index is 1260. The molecule has 0 unspecified atom stereocenters. The third-order valence-electron chi connectivity index (χ3n) is 5.36. The molecular formula is C21H24N2O5S2. The lowest BCUT2D eigenvalue weighted by molar-refractivity contribution is 0.0832. The number of hydrogen-bond donors (Lipinski definition) is 1. The summed E-state index contributed by atoms with van der Waals surface area (Å²) in [6.45, 7) is 2.91. The summed E-state index contributed by atoms with van der Waals surface area (Å²) in [5.41, 5.74) is 1.13. The summed E-state index contributed by atoms with van der Waals surface area (Å²) in [6, 6.07) is 13.0. The predicted molar refractivity (Wildman–Crippen MR) is 115 cm³/mol. The molecule has 0 aliphatic carbocycles. The van der Waals surface area contributed by atoms with Gasteiger partial charge in [-0.05, 0) is 43.0 Å². The van der Waals surface area contributed by atoms with Crippen molar-refractivity contribution in [2.45, 2.75) is 42.0 Å². The molecule has 0 atom stereocenters. The molecule has 1 aromatic heterocycles. The van der Waals surface area contributed by atoms with E-state index in [0.717, 1.165) is 9.54 Å². The molecule has 2 aromatic carbocycles. The summed E-state index contributed by atoms with van der Waals surface area (Å²) in [4.78, 5) is 0.0890. The zero-order valence-electron chi connectivity index (χ0n) is 16.6. The molecule has 1 aliphatic heterocycles. The minimum Gasteiger partial charge on any atom is -0.381 e. The molecule has 160 valence electrons. The van der Waals surface area contributed by atoms with Gasteiger partial charge in [-0.3, -0.25) is 0 Å². The van der Waals surface area contributed by atoms with E-state index in [1.165, 1.54) is 18.3 Å². The first-order valence-electron chi connectivity index (χ1n) is 9.88. The third-order valence-corrected chi connectivity index (χ3v) is 8.58. The van der Waals surface area contributed by atoms with Crippen LogP contribution in [0.1, 0.15) is 25.3 Å². The number of rotatable bonds is 6. The Labute approximate surface area is 176 Å². The molecule has 0 radical (unpaired) electrons. The van der Waals surface area contributed by atoms with Crippen LogP contribution in [0.2, 0.25) is 0 Å². The van der Waals surface area contributed by atoms with Crippen molar-refractivity contribution in [1.82, 2.24) is 8.69 Å². The SMILES string of the molecule is CCc1cccc2c1c(S(=O)(=O)NC1CCOCC1)cn2S(=O)(=O)c1ccccc1. The van der Waals surface area contributed by atoms with Crippen molar-refractivity contribution in [3.05, 3.63) is 60.3 Å². The van der Waals surface area contributed by atoms with Crippen LogP contribution in [0.25, 0.3) is 10.9 Å². The largest absolute Gasteiger partial charge is 0.381 e. The number of nitrogens with zero attached hydrogens (tertiary/aromatic N) is 1. The number of benzene rings is 2. The monoisotopic (exact) mass is 448 g/mol. The molecule has 30 heavy (non-hydrogen) atoms. The molecule has 0 saturated carbocycles. The molecule has 1 fully saturated rings. The Kier molecular flexibility index (Phi) is 5.71. The van der Waals surface area contributed by atoms with E-state index in [0.29, 0.717) is 43.4 Å². The van der Waals surface area contributed by atoms with E-state index >= 15 is 0 Å². The maximum atomic E-state index is 13.3. The number of sulfonamides is 1. The summed E-state index contributed by atoms with van der Waals surface area (Å²) in [5, 5.41) is 0.444. The van der Waals surface area contributed by atoms with Crippen molar-refractivity contribution in [2.24, 2.45) is 0 Å². The maximum Gasteiger partial charge on any atom is 0.268 e. The molecule has 0 amide bonds. The van der Waals surface area contributed by atoms with Crippen molar-refractivity contribution in [3.63, 3.8) is 0 Å². The van der Waals surface area contributed by atoms with Gasteiger partial charge in [-0.1, -0.05) is 37.3 Å². The Morgan fingerprint density at radius 2 is 1.70 bits per heavy atom. The highest BCUT2D eigenvalue weighted by Gasteiger charge is 2.30. The highest BCUT2D eigenvalue weighted by Crippen LogP contribution is 2.32. The summed E-state index contributed by atoms with van der Waals surface area (Å²) in [5.74, 6) is 0. The van der Waals surface area contributed by atoms with Crippen LogP contribution in [0, 0.1) is 0 Å². The minimum absolute atomic E-state index is 0.0130. The van der Waals surface area contributed by atoms with Gasteiger partial charge in [-0.2, -0.15) is 0 Å². The first-order valence-corrected chi connectivity index (χ1v) is 12.8. The van der Waals surface area contributed by atoms with E-state index in [4.69, 9.17) is 4.74 Å². The van der Waals surface area contributed by atoms with E-state index in [2.05, 4.69) is 4.72 Å². The van der Waals surface area contributed by atoms with Gasteiger partial charge < -0.3 is 4.74 Å². The van der Waals surface area contributed by atoms with Crippen LogP contribution in [0.4, 0.5) is 0 Å². The Morgan fingerprint density at radius 1 is 1.00 bits per heavy atom.